The quantitative estimate of drug-likeness (QED) is 0.578. The van der Waals surface area contributed by atoms with Crippen LogP contribution in [-0.2, 0) is 14.4 Å². The summed E-state index contributed by atoms with van der Waals surface area (Å²) in [5, 5.41) is 5.75. The molecule has 0 aromatic heterocycles. The van der Waals surface area contributed by atoms with Gasteiger partial charge in [0.1, 0.15) is 5.92 Å². The minimum Gasteiger partial charge on any atom is -0.355 e. The first-order chi connectivity index (χ1) is 11.6. The molecule has 1 aliphatic carbocycles. The summed E-state index contributed by atoms with van der Waals surface area (Å²) in [7, 11) is 0. The molecule has 0 bridgehead atoms. The average molecular weight is 333 g/mol. The van der Waals surface area contributed by atoms with E-state index in [1.54, 1.807) is 0 Å². The molecule has 3 rings (SSSR count). The number of likely N-dealkylation sites (tertiary alicyclic amines) is 1. The predicted octanol–water partition coefficient (Wildman–Crippen LogP) is 0.832. The molecular weight excluding hydrogens is 306 g/mol. The molecule has 6 heteroatoms. The monoisotopic (exact) mass is 333 g/mol. The van der Waals surface area contributed by atoms with Crippen molar-refractivity contribution in [1.29, 1.82) is 0 Å². The smallest absolute Gasteiger partial charge is 0.246 e. The van der Waals surface area contributed by atoms with Gasteiger partial charge in [-0.3, -0.25) is 14.4 Å². The largest absolute Gasteiger partial charge is 0.355 e. The van der Waals surface area contributed by atoms with Gasteiger partial charge >= 0.3 is 0 Å². The zero-order valence-corrected chi connectivity index (χ0v) is 14.1. The average Bonchev–Trinajstić information content (AvgIpc) is 3.37. The number of nitrogens with one attached hydrogen (secondary N) is 2. The highest BCUT2D eigenvalue weighted by Crippen LogP contribution is 2.44. The molecule has 1 saturated carbocycles. The first kappa shape index (κ1) is 17.0. The van der Waals surface area contributed by atoms with Gasteiger partial charge < -0.3 is 15.5 Å². The van der Waals surface area contributed by atoms with Crippen LogP contribution in [0.1, 0.15) is 38.5 Å². The Morgan fingerprint density at radius 3 is 2.75 bits per heavy atom. The Morgan fingerprint density at radius 1 is 1.25 bits per heavy atom. The van der Waals surface area contributed by atoms with Crippen molar-refractivity contribution in [3.63, 3.8) is 0 Å². The van der Waals surface area contributed by atoms with Gasteiger partial charge in [0.25, 0.3) is 0 Å². The summed E-state index contributed by atoms with van der Waals surface area (Å²) in [6.07, 6.45) is 7.18. The van der Waals surface area contributed by atoms with Crippen molar-refractivity contribution < 1.29 is 14.4 Å². The number of nitrogens with zero attached hydrogens (tertiary/aromatic N) is 1. The fourth-order valence-corrected chi connectivity index (χ4v) is 4.12. The van der Waals surface area contributed by atoms with Crippen molar-refractivity contribution in [2.45, 2.75) is 44.6 Å². The fourth-order valence-electron chi connectivity index (χ4n) is 4.12. The Bertz CT molecular complexity index is 530. The number of hydrogen-bond acceptors (Lipinski definition) is 3. The summed E-state index contributed by atoms with van der Waals surface area (Å²) in [6, 6.07) is 0.0285. The van der Waals surface area contributed by atoms with Gasteiger partial charge in [-0.2, -0.15) is 0 Å². The first-order valence-corrected chi connectivity index (χ1v) is 9.10. The van der Waals surface area contributed by atoms with Crippen LogP contribution in [0.3, 0.4) is 0 Å². The second-order valence-corrected chi connectivity index (χ2v) is 7.18. The van der Waals surface area contributed by atoms with E-state index in [-0.39, 0.29) is 23.8 Å². The minimum absolute atomic E-state index is 0.0285. The highest BCUT2D eigenvalue weighted by Gasteiger charge is 2.44. The molecule has 3 unspecified atom stereocenters. The topological polar surface area (TPSA) is 78.5 Å². The third-order valence-corrected chi connectivity index (χ3v) is 5.62. The molecular formula is C18H27N3O3. The lowest BCUT2D eigenvalue weighted by Gasteiger charge is -2.28. The molecule has 3 amide bonds. The van der Waals surface area contributed by atoms with Crippen molar-refractivity contribution in [2.75, 3.05) is 19.6 Å². The van der Waals surface area contributed by atoms with Gasteiger partial charge in [-0.05, 0) is 50.0 Å². The van der Waals surface area contributed by atoms with Gasteiger partial charge in [0, 0.05) is 19.6 Å². The Balaban J connectivity index is 1.61. The van der Waals surface area contributed by atoms with Gasteiger partial charge in [-0.1, -0.05) is 13.0 Å². The van der Waals surface area contributed by atoms with Crippen molar-refractivity contribution in [3.8, 4) is 0 Å². The maximum absolute atomic E-state index is 12.5. The van der Waals surface area contributed by atoms with Crippen molar-refractivity contribution in [1.82, 2.24) is 15.5 Å². The van der Waals surface area contributed by atoms with E-state index in [0.29, 0.717) is 31.3 Å². The predicted molar refractivity (Wildman–Crippen MR) is 89.9 cm³/mol. The van der Waals surface area contributed by atoms with E-state index in [1.807, 2.05) is 4.90 Å². The molecule has 6 nitrogen and oxygen atoms in total. The van der Waals surface area contributed by atoms with Crippen molar-refractivity contribution >= 4 is 17.7 Å². The third kappa shape index (κ3) is 3.62. The molecule has 0 radical (unpaired) electrons. The van der Waals surface area contributed by atoms with Crippen LogP contribution in [0, 0.1) is 17.8 Å². The molecule has 0 aromatic carbocycles. The van der Waals surface area contributed by atoms with Gasteiger partial charge in [0.2, 0.25) is 17.7 Å². The highest BCUT2D eigenvalue weighted by molar-refractivity contribution is 6.00. The van der Waals surface area contributed by atoms with Crippen LogP contribution in [0.4, 0.5) is 0 Å². The second kappa shape index (κ2) is 7.36. The van der Waals surface area contributed by atoms with Gasteiger partial charge in [0.15, 0.2) is 0 Å². The fraction of sp³-hybridized carbons (Fsp3) is 0.722. The van der Waals surface area contributed by atoms with E-state index < -0.39 is 5.92 Å². The second-order valence-electron chi connectivity index (χ2n) is 7.18. The van der Waals surface area contributed by atoms with Gasteiger partial charge in [-0.15, -0.1) is 0 Å². The van der Waals surface area contributed by atoms with Crippen LogP contribution in [0.15, 0.2) is 12.7 Å². The lowest BCUT2D eigenvalue weighted by atomic mass is 9.94. The molecule has 2 saturated heterocycles. The maximum Gasteiger partial charge on any atom is 0.246 e. The Labute approximate surface area is 143 Å². The lowest BCUT2D eigenvalue weighted by Crippen LogP contribution is -2.48. The molecule has 3 fully saturated rings. The normalized spacial score (nSPS) is 30.4. The zero-order valence-electron chi connectivity index (χ0n) is 14.1. The molecule has 2 N–H and O–H groups in total. The maximum atomic E-state index is 12.5. The van der Waals surface area contributed by atoms with Crippen LogP contribution in [-0.4, -0.2) is 48.3 Å². The molecule has 3 aliphatic rings. The summed E-state index contributed by atoms with van der Waals surface area (Å²) in [4.78, 5) is 38.4. The van der Waals surface area contributed by atoms with E-state index in [2.05, 4.69) is 17.2 Å². The van der Waals surface area contributed by atoms with Gasteiger partial charge in [-0.25, -0.2) is 0 Å². The third-order valence-electron chi connectivity index (χ3n) is 5.62. The summed E-state index contributed by atoms with van der Waals surface area (Å²) in [6.45, 7) is 5.40. The zero-order chi connectivity index (χ0) is 17.1. The van der Waals surface area contributed by atoms with Crippen LogP contribution in [0.5, 0.6) is 0 Å². The van der Waals surface area contributed by atoms with Crippen molar-refractivity contribution in [3.05, 3.63) is 12.7 Å². The highest BCUT2D eigenvalue weighted by atomic mass is 16.2. The van der Waals surface area contributed by atoms with Crippen molar-refractivity contribution in [2.24, 2.45) is 17.8 Å². The Kier molecular flexibility index (Phi) is 5.21. The summed E-state index contributed by atoms with van der Waals surface area (Å²) in [5.41, 5.74) is 0. The molecule has 132 valence electrons. The summed E-state index contributed by atoms with van der Waals surface area (Å²) < 4.78 is 0. The van der Waals surface area contributed by atoms with Gasteiger partial charge in [0.05, 0.1) is 6.04 Å². The van der Waals surface area contributed by atoms with E-state index in [9.17, 15) is 14.4 Å². The van der Waals surface area contributed by atoms with Crippen LogP contribution >= 0.6 is 0 Å². The van der Waals surface area contributed by atoms with Crippen LogP contribution in [0.25, 0.3) is 0 Å². The van der Waals surface area contributed by atoms with E-state index in [0.717, 1.165) is 25.8 Å². The summed E-state index contributed by atoms with van der Waals surface area (Å²) >= 11 is 0. The standard InChI is InChI=1S/C18H27N3O3/c1-2-16(22)21-10-8-13(12-6-7-12)15(21)11-20-18(24)14-5-3-4-9-19-17(14)23/h2,12-15H,1,3-11H2,(H,19,23)(H,20,24). The number of hydrogen-bond donors (Lipinski definition) is 2. The lowest BCUT2D eigenvalue weighted by molar-refractivity contribution is -0.136. The number of amides is 3. The summed E-state index contributed by atoms with van der Waals surface area (Å²) in [5.74, 6) is 0.0883. The van der Waals surface area contributed by atoms with E-state index in [1.165, 1.54) is 18.9 Å². The minimum atomic E-state index is -0.600. The molecule has 2 aliphatic heterocycles. The molecule has 0 spiro atoms. The molecule has 24 heavy (non-hydrogen) atoms. The molecule has 0 aromatic rings. The van der Waals surface area contributed by atoms with E-state index in [4.69, 9.17) is 0 Å². The first-order valence-electron chi connectivity index (χ1n) is 9.10. The Hall–Kier alpha value is -1.85. The Morgan fingerprint density at radius 2 is 2.04 bits per heavy atom. The SMILES string of the molecule is C=CC(=O)N1CCC(C2CC2)C1CNC(=O)C1CCCCNC1=O. The molecule has 2 heterocycles. The van der Waals surface area contributed by atoms with Crippen LogP contribution in [0.2, 0.25) is 0 Å². The number of rotatable bonds is 5. The number of carbonyl (C=O) groups is 3. The number of carbonyl (C=O) groups excluding carboxylic acids is 3. The van der Waals surface area contributed by atoms with E-state index >= 15 is 0 Å². The molecule has 3 atom stereocenters. The van der Waals surface area contributed by atoms with Crippen LogP contribution < -0.4 is 10.6 Å².